The lowest BCUT2D eigenvalue weighted by molar-refractivity contribution is -0.153. The molecule has 0 spiro atoms. The van der Waals surface area contributed by atoms with E-state index in [9.17, 15) is 14.7 Å². The largest absolute Gasteiger partial charge is 0.497 e. The van der Waals surface area contributed by atoms with Crippen molar-refractivity contribution in [3.63, 3.8) is 0 Å². The molecule has 1 unspecified atom stereocenters. The third kappa shape index (κ3) is 4.47. The highest BCUT2D eigenvalue weighted by Crippen LogP contribution is 2.30. The molecular formula is C18H25NO4. The smallest absolute Gasteiger partial charge is 0.311 e. The Morgan fingerprint density at radius 1 is 1.30 bits per heavy atom. The average molecular weight is 319 g/mol. The first kappa shape index (κ1) is 17.3. The van der Waals surface area contributed by atoms with Crippen molar-refractivity contribution in [2.75, 3.05) is 20.2 Å². The number of benzene rings is 1. The van der Waals surface area contributed by atoms with E-state index < -0.39 is 11.4 Å². The second-order valence-electron chi connectivity index (χ2n) is 6.49. The van der Waals surface area contributed by atoms with Crippen molar-refractivity contribution in [3.8, 4) is 5.75 Å². The molecule has 23 heavy (non-hydrogen) atoms. The van der Waals surface area contributed by atoms with Gasteiger partial charge in [0.05, 0.1) is 12.5 Å². The van der Waals surface area contributed by atoms with Gasteiger partial charge in [-0.1, -0.05) is 12.1 Å². The Labute approximate surface area is 137 Å². The molecule has 1 aliphatic heterocycles. The lowest BCUT2D eigenvalue weighted by atomic mass is 9.82. The third-order valence-corrected chi connectivity index (χ3v) is 4.58. The van der Waals surface area contributed by atoms with E-state index in [4.69, 9.17) is 4.74 Å². The number of piperidine rings is 1. The van der Waals surface area contributed by atoms with Gasteiger partial charge in [-0.25, -0.2) is 0 Å². The molecule has 1 aromatic carbocycles. The first-order valence-corrected chi connectivity index (χ1v) is 8.09. The van der Waals surface area contributed by atoms with Gasteiger partial charge in [0.2, 0.25) is 5.91 Å². The lowest BCUT2D eigenvalue weighted by Crippen LogP contribution is -2.48. The van der Waals surface area contributed by atoms with Crippen LogP contribution in [0.4, 0.5) is 0 Å². The first-order valence-electron chi connectivity index (χ1n) is 8.09. The predicted molar refractivity (Wildman–Crippen MR) is 87.5 cm³/mol. The number of nitrogens with zero attached hydrogens (tertiary/aromatic N) is 1. The van der Waals surface area contributed by atoms with E-state index in [1.54, 1.807) is 18.9 Å². The number of carboxylic acids is 1. The molecular weight excluding hydrogens is 294 g/mol. The lowest BCUT2D eigenvalue weighted by Gasteiger charge is -2.37. The van der Waals surface area contributed by atoms with Crippen molar-refractivity contribution in [3.05, 3.63) is 29.8 Å². The highest BCUT2D eigenvalue weighted by atomic mass is 16.5. The summed E-state index contributed by atoms with van der Waals surface area (Å²) in [7, 11) is 1.64. The third-order valence-electron chi connectivity index (χ3n) is 4.58. The Morgan fingerprint density at radius 3 is 2.61 bits per heavy atom. The number of aryl methyl sites for hydroxylation is 1. The minimum Gasteiger partial charge on any atom is -0.497 e. The number of rotatable bonds is 6. The molecule has 1 amide bonds. The van der Waals surface area contributed by atoms with Crippen LogP contribution in [-0.4, -0.2) is 42.1 Å². The molecule has 2 rings (SSSR count). The second-order valence-corrected chi connectivity index (χ2v) is 6.49. The van der Waals surface area contributed by atoms with Gasteiger partial charge in [0.25, 0.3) is 0 Å². The molecule has 0 saturated carbocycles. The van der Waals surface area contributed by atoms with Gasteiger partial charge < -0.3 is 14.7 Å². The Morgan fingerprint density at radius 2 is 2.00 bits per heavy atom. The molecule has 0 aromatic heterocycles. The summed E-state index contributed by atoms with van der Waals surface area (Å²) in [5.74, 6) is 0.0741. The van der Waals surface area contributed by atoms with Gasteiger partial charge in [0.1, 0.15) is 5.75 Å². The van der Waals surface area contributed by atoms with Crippen molar-refractivity contribution in [1.29, 1.82) is 0 Å². The number of carboxylic acid groups (broad SMARTS) is 1. The zero-order valence-corrected chi connectivity index (χ0v) is 13.9. The zero-order chi connectivity index (χ0) is 16.9. The number of carbonyl (C=O) groups excluding carboxylic acids is 1. The fraction of sp³-hybridized carbons (Fsp3) is 0.556. The van der Waals surface area contributed by atoms with Gasteiger partial charge in [-0.3, -0.25) is 9.59 Å². The van der Waals surface area contributed by atoms with Crippen LogP contribution >= 0.6 is 0 Å². The van der Waals surface area contributed by atoms with Crippen LogP contribution in [-0.2, 0) is 16.0 Å². The quantitative estimate of drug-likeness (QED) is 0.875. The highest BCUT2D eigenvalue weighted by Gasteiger charge is 2.39. The number of ether oxygens (including phenoxy) is 1. The Balaban J connectivity index is 1.81. The summed E-state index contributed by atoms with van der Waals surface area (Å²) < 4.78 is 5.12. The summed E-state index contributed by atoms with van der Waals surface area (Å²) in [6, 6.07) is 7.84. The molecule has 1 atom stereocenters. The minimum atomic E-state index is -0.812. The average Bonchev–Trinajstić information content (AvgIpc) is 2.55. The van der Waals surface area contributed by atoms with Crippen LogP contribution in [0.2, 0.25) is 0 Å². The monoisotopic (exact) mass is 319 g/mol. The normalized spacial score (nSPS) is 21.0. The molecule has 1 aliphatic rings. The molecule has 1 heterocycles. The number of methoxy groups -OCH3 is 1. The zero-order valence-electron chi connectivity index (χ0n) is 13.9. The van der Waals surface area contributed by atoms with Crippen molar-refractivity contribution in [1.82, 2.24) is 4.90 Å². The van der Waals surface area contributed by atoms with Crippen LogP contribution in [0, 0.1) is 5.41 Å². The number of aliphatic carboxylic acids is 1. The van der Waals surface area contributed by atoms with Gasteiger partial charge in [0, 0.05) is 19.5 Å². The van der Waals surface area contributed by atoms with Crippen LogP contribution in [0.1, 0.15) is 38.2 Å². The number of carbonyl (C=O) groups is 2. The minimum absolute atomic E-state index is 0.0608. The number of amides is 1. The Bertz CT molecular complexity index is 555. The van der Waals surface area contributed by atoms with Crippen LogP contribution < -0.4 is 4.74 Å². The van der Waals surface area contributed by atoms with Crippen LogP contribution in [0.25, 0.3) is 0 Å². The maximum Gasteiger partial charge on any atom is 0.311 e. The standard InChI is InChI=1S/C18H25NO4/c1-18(17(21)22)11-4-12-19(13-18)16(20)6-3-5-14-7-9-15(23-2)10-8-14/h7-10H,3-6,11-13H2,1-2H3,(H,21,22). The first-order chi connectivity index (χ1) is 10.9. The van der Waals surface area contributed by atoms with Gasteiger partial charge in [-0.15, -0.1) is 0 Å². The van der Waals surface area contributed by atoms with Crippen molar-refractivity contribution >= 4 is 11.9 Å². The molecule has 1 saturated heterocycles. The molecule has 5 nitrogen and oxygen atoms in total. The van der Waals surface area contributed by atoms with E-state index in [0.29, 0.717) is 25.9 Å². The topological polar surface area (TPSA) is 66.8 Å². The van der Waals surface area contributed by atoms with Crippen LogP contribution in [0.15, 0.2) is 24.3 Å². The van der Waals surface area contributed by atoms with E-state index in [1.807, 2.05) is 24.3 Å². The molecule has 0 radical (unpaired) electrons. The van der Waals surface area contributed by atoms with Crippen LogP contribution in [0.5, 0.6) is 5.75 Å². The van der Waals surface area contributed by atoms with Gasteiger partial charge >= 0.3 is 5.97 Å². The Hall–Kier alpha value is -2.04. The fourth-order valence-electron chi connectivity index (χ4n) is 3.02. The summed E-state index contributed by atoms with van der Waals surface area (Å²) >= 11 is 0. The fourth-order valence-corrected chi connectivity index (χ4v) is 3.02. The number of likely N-dealkylation sites (tertiary alicyclic amines) is 1. The molecule has 5 heteroatoms. The van der Waals surface area contributed by atoms with E-state index >= 15 is 0 Å². The van der Waals surface area contributed by atoms with Crippen molar-refractivity contribution < 1.29 is 19.4 Å². The SMILES string of the molecule is COc1ccc(CCCC(=O)N2CCCC(C)(C(=O)O)C2)cc1. The summed E-state index contributed by atoms with van der Waals surface area (Å²) in [6.45, 7) is 2.72. The summed E-state index contributed by atoms with van der Waals surface area (Å²) in [4.78, 5) is 25.4. The van der Waals surface area contributed by atoms with Gasteiger partial charge in [0.15, 0.2) is 0 Å². The predicted octanol–water partition coefficient (Wildman–Crippen LogP) is 2.73. The maximum absolute atomic E-state index is 12.3. The molecule has 1 N–H and O–H groups in total. The van der Waals surface area contributed by atoms with Crippen LogP contribution in [0.3, 0.4) is 0 Å². The van der Waals surface area contributed by atoms with Crippen molar-refractivity contribution in [2.24, 2.45) is 5.41 Å². The number of hydrogen-bond donors (Lipinski definition) is 1. The van der Waals surface area contributed by atoms with E-state index in [2.05, 4.69) is 0 Å². The second kappa shape index (κ2) is 7.49. The van der Waals surface area contributed by atoms with E-state index in [0.717, 1.165) is 25.0 Å². The molecule has 0 bridgehead atoms. The molecule has 1 aromatic rings. The summed E-state index contributed by atoms with van der Waals surface area (Å²) in [6.07, 6.45) is 3.46. The van der Waals surface area contributed by atoms with Gasteiger partial charge in [-0.05, 0) is 50.3 Å². The number of hydrogen-bond acceptors (Lipinski definition) is 3. The van der Waals surface area contributed by atoms with E-state index in [1.165, 1.54) is 5.56 Å². The maximum atomic E-state index is 12.3. The summed E-state index contributed by atoms with van der Waals surface area (Å²) in [5, 5.41) is 9.32. The molecule has 1 fully saturated rings. The van der Waals surface area contributed by atoms with Gasteiger partial charge in [-0.2, -0.15) is 0 Å². The molecule has 0 aliphatic carbocycles. The summed E-state index contributed by atoms with van der Waals surface area (Å²) in [5.41, 5.74) is 0.372. The van der Waals surface area contributed by atoms with Crippen molar-refractivity contribution in [2.45, 2.75) is 39.0 Å². The molecule has 126 valence electrons. The van der Waals surface area contributed by atoms with E-state index in [-0.39, 0.29) is 5.91 Å². The highest BCUT2D eigenvalue weighted by molar-refractivity contribution is 5.79. The Kier molecular flexibility index (Phi) is 5.64.